The monoisotopic (exact) mass is 378 g/mol. The highest BCUT2D eigenvalue weighted by Gasteiger charge is 2.21. The molecular weight excluding hydrogens is 360 g/mol. The van der Waals surface area contributed by atoms with Crippen LogP contribution in [0.25, 0.3) is 10.9 Å². The number of hydrogen-bond acceptors (Lipinski definition) is 4. The van der Waals surface area contributed by atoms with Crippen molar-refractivity contribution in [3.8, 4) is 5.75 Å². The molecule has 1 saturated heterocycles. The maximum Gasteiger partial charge on any atom is 0.268 e. The Morgan fingerprint density at radius 1 is 1.04 bits per heavy atom. The first-order valence-corrected chi connectivity index (χ1v) is 9.38. The first kappa shape index (κ1) is 17.8. The zero-order chi connectivity index (χ0) is 16.6. The van der Waals surface area contributed by atoms with Crippen LogP contribution in [0.3, 0.4) is 0 Å². The maximum absolute atomic E-state index is 12.9. The summed E-state index contributed by atoms with van der Waals surface area (Å²) in [4.78, 5) is 0.272. The van der Waals surface area contributed by atoms with Crippen molar-refractivity contribution in [3.63, 3.8) is 0 Å². The first-order valence-electron chi connectivity index (χ1n) is 7.94. The van der Waals surface area contributed by atoms with Crippen molar-refractivity contribution < 1.29 is 13.2 Å². The maximum atomic E-state index is 12.9. The fourth-order valence-electron chi connectivity index (χ4n) is 3.04. The van der Waals surface area contributed by atoms with Crippen LogP contribution in [0.5, 0.6) is 5.75 Å². The lowest BCUT2D eigenvalue weighted by atomic mass is 10.2. The number of nitrogens with one attached hydrogen (secondary N) is 1. The highest BCUT2D eigenvalue weighted by Crippen LogP contribution is 2.30. The summed E-state index contributed by atoms with van der Waals surface area (Å²) in [7, 11) is -3.62. The lowest BCUT2D eigenvalue weighted by molar-refractivity contribution is 0.226. The van der Waals surface area contributed by atoms with E-state index in [0.29, 0.717) is 5.52 Å². The second-order valence-electron chi connectivity index (χ2n) is 5.85. The normalized spacial score (nSPS) is 17.4. The number of rotatable bonds is 4. The van der Waals surface area contributed by atoms with Crippen LogP contribution in [0.4, 0.5) is 0 Å². The molecule has 1 aliphatic rings. The van der Waals surface area contributed by atoms with Crippen LogP contribution in [-0.2, 0) is 10.0 Å². The third-order valence-electron chi connectivity index (χ3n) is 4.27. The third-order valence-corrected chi connectivity index (χ3v) is 5.97. The summed E-state index contributed by atoms with van der Waals surface area (Å²) in [6.07, 6.45) is 2.68. The van der Waals surface area contributed by atoms with E-state index >= 15 is 0 Å². The van der Waals surface area contributed by atoms with Gasteiger partial charge >= 0.3 is 0 Å². The molecule has 5 nitrogen and oxygen atoms in total. The standard InChI is InChI=1S/C18H18N2O3S.ClH/c21-24(22,15-5-2-1-3-6-15)20-12-10-16-17(20)7-4-8-18(16)23-14-9-11-19-13-14;/h1-8,10,12,14,19H,9,11,13H2;1H. The van der Waals surface area contributed by atoms with Gasteiger partial charge in [-0.1, -0.05) is 24.3 Å². The van der Waals surface area contributed by atoms with Crippen LogP contribution < -0.4 is 10.1 Å². The second kappa shape index (κ2) is 7.07. The number of halogens is 1. The van der Waals surface area contributed by atoms with Gasteiger partial charge in [-0.05, 0) is 43.3 Å². The van der Waals surface area contributed by atoms with Gasteiger partial charge in [-0.3, -0.25) is 0 Å². The minimum Gasteiger partial charge on any atom is -0.488 e. The zero-order valence-corrected chi connectivity index (χ0v) is 15.1. The number of aromatic nitrogens is 1. The van der Waals surface area contributed by atoms with Crippen LogP contribution in [0.15, 0.2) is 65.7 Å². The van der Waals surface area contributed by atoms with Crippen molar-refractivity contribution >= 4 is 33.3 Å². The van der Waals surface area contributed by atoms with Gasteiger partial charge in [-0.15, -0.1) is 12.4 Å². The minimum atomic E-state index is -3.62. The Balaban J connectivity index is 0.00000182. The Bertz CT molecular complexity index is 964. The fraction of sp³-hybridized carbons (Fsp3) is 0.222. The molecule has 1 aliphatic heterocycles. The van der Waals surface area contributed by atoms with Gasteiger partial charge in [-0.25, -0.2) is 12.4 Å². The quantitative estimate of drug-likeness (QED) is 0.758. The van der Waals surface area contributed by atoms with E-state index in [9.17, 15) is 8.42 Å². The summed E-state index contributed by atoms with van der Waals surface area (Å²) in [6, 6.07) is 15.8. The number of benzene rings is 2. The van der Waals surface area contributed by atoms with Crippen LogP contribution in [-0.4, -0.2) is 31.6 Å². The molecule has 0 aliphatic carbocycles. The predicted molar refractivity (Wildman–Crippen MR) is 100 cm³/mol. The van der Waals surface area contributed by atoms with Crippen molar-refractivity contribution in [3.05, 3.63) is 60.8 Å². The molecule has 0 spiro atoms. The number of nitrogens with zero attached hydrogens (tertiary/aromatic N) is 1. The topological polar surface area (TPSA) is 60.3 Å². The summed E-state index contributed by atoms with van der Waals surface area (Å²) in [6.45, 7) is 1.77. The molecule has 0 saturated carbocycles. The van der Waals surface area contributed by atoms with Gasteiger partial charge < -0.3 is 10.1 Å². The van der Waals surface area contributed by atoms with E-state index in [1.165, 1.54) is 3.97 Å². The average molecular weight is 379 g/mol. The van der Waals surface area contributed by atoms with E-state index in [1.54, 1.807) is 48.7 Å². The molecule has 1 fully saturated rings. The molecule has 0 radical (unpaired) electrons. The Morgan fingerprint density at radius 3 is 2.56 bits per heavy atom. The molecule has 0 bridgehead atoms. The molecule has 25 heavy (non-hydrogen) atoms. The molecule has 1 unspecified atom stereocenters. The van der Waals surface area contributed by atoms with Crippen molar-refractivity contribution in [2.45, 2.75) is 17.4 Å². The summed E-state index contributed by atoms with van der Waals surface area (Å²) >= 11 is 0. The van der Waals surface area contributed by atoms with Gasteiger partial charge in [0.1, 0.15) is 11.9 Å². The molecule has 3 aromatic rings. The molecule has 1 N–H and O–H groups in total. The zero-order valence-electron chi connectivity index (χ0n) is 13.5. The van der Waals surface area contributed by atoms with Gasteiger partial charge in [0.2, 0.25) is 0 Å². The Kier molecular flexibility index (Phi) is 5.03. The van der Waals surface area contributed by atoms with E-state index in [2.05, 4.69) is 5.32 Å². The lowest BCUT2D eigenvalue weighted by Gasteiger charge is -2.14. The van der Waals surface area contributed by atoms with Crippen LogP contribution >= 0.6 is 12.4 Å². The molecule has 2 heterocycles. The molecular formula is C18H19ClN2O3S. The summed E-state index contributed by atoms with van der Waals surface area (Å²) < 4.78 is 33.1. The minimum absolute atomic E-state index is 0. The smallest absolute Gasteiger partial charge is 0.268 e. The van der Waals surface area contributed by atoms with Crippen LogP contribution in [0.1, 0.15) is 6.42 Å². The van der Waals surface area contributed by atoms with Gasteiger partial charge in [0.15, 0.2) is 0 Å². The number of hydrogen-bond donors (Lipinski definition) is 1. The summed E-state index contributed by atoms with van der Waals surface area (Å²) in [5, 5.41) is 4.07. The fourth-order valence-corrected chi connectivity index (χ4v) is 4.41. The molecule has 1 aromatic heterocycles. The molecule has 2 aromatic carbocycles. The Labute approximate surface area is 153 Å². The Morgan fingerprint density at radius 2 is 1.84 bits per heavy atom. The van der Waals surface area contributed by atoms with Crippen LogP contribution in [0.2, 0.25) is 0 Å². The lowest BCUT2D eigenvalue weighted by Crippen LogP contribution is -2.19. The van der Waals surface area contributed by atoms with E-state index < -0.39 is 10.0 Å². The van der Waals surface area contributed by atoms with Crippen molar-refractivity contribution in [2.75, 3.05) is 13.1 Å². The number of fused-ring (bicyclic) bond motifs is 1. The third kappa shape index (κ3) is 3.25. The predicted octanol–water partition coefficient (Wildman–Crippen LogP) is 3.04. The molecule has 0 amide bonds. The van der Waals surface area contributed by atoms with E-state index in [1.807, 2.05) is 12.1 Å². The number of ether oxygens (including phenoxy) is 1. The summed E-state index contributed by atoms with van der Waals surface area (Å²) in [5.74, 6) is 0.725. The van der Waals surface area contributed by atoms with Gasteiger partial charge in [-0.2, -0.15) is 0 Å². The molecule has 132 valence electrons. The Hall–Kier alpha value is -2.02. The van der Waals surface area contributed by atoms with Crippen LogP contribution in [0, 0.1) is 0 Å². The van der Waals surface area contributed by atoms with Gasteiger partial charge in [0, 0.05) is 18.1 Å². The molecule has 4 rings (SSSR count). The van der Waals surface area contributed by atoms with Crippen molar-refractivity contribution in [2.24, 2.45) is 0 Å². The highest BCUT2D eigenvalue weighted by molar-refractivity contribution is 7.90. The highest BCUT2D eigenvalue weighted by atomic mass is 35.5. The van der Waals surface area contributed by atoms with E-state index in [-0.39, 0.29) is 23.4 Å². The van der Waals surface area contributed by atoms with Crippen molar-refractivity contribution in [1.82, 2.24) is 9.29 Å². The van der Waals surface area contributed by atoms with E-state index in [0.717, 1.165) is 30.6 Å². The summed E-state index contributed by atoms with van der Waals surface area (Å²) in [5.41, 5.74) is 0.627. The van der Waals surface area contributed by atoms with Gasteiger partial charge in [0.05, 0.1) is 10.4 Å². The molecule has 1 atom stereocenters. The van der Waals surface area contributed by atoms with Crippen molar-refractivity contribution in [1.29, 1.82) is 0 Å². The first-order chi connectivity index (χ1) is 11.7. The average Bonchev–Trinajstić information content (AvgIpc) is 3.25. The largest absolute Gasteiger partial charge is 0.488 e. The van der Waals surface area contributed by atoms with E-state index in [4.69, 9.17) is 4.74 Å². The second-order valence-corrected chi connectivity index (χ2v) is 7.67. The molecule has 7 heteroatoms. The van der Waals surface area contributed by atoms with Gasteiger partial charge in [0.25, 0.3) is 10.0 Å². The SMILES string of the molecule is Cl.O=S(=O)(c1ccccc1)n1ccc2c(OC3CCNC3)cccc21.